The summed E-state index contributed by atoms with van der Waals surface area (Å²) in [6.45, 7) is 8.88. The second kappa shape index (κ2) is 8.60. The molecular weight excluding hydrogens is 372 g/mol. The van der Waals surface area contributed by atoms with Gasteiger partial charge in [-0.1, -0.05) is 6.92 Å². The number of nitrogens with zero attached hydrogens (tertiary/aromatic N) is 6. The highest BCUT2D eigenvalue weighted by molar-refractivity contribution is 5.92. The molecule has 2 aliphatic heterocycles. The van der Waals surface area contributed by atoms with Gasteiger partial charge in [0.2, 0.25) is 0 Å². The lowest BCUT2D eigenvalue weighted by Gasteiger charge is -2.35. The average Bonchev–Trinajstić information content (AvgIpc) is 3.33. The molecule has 0 unspecified atom stereocenters. The van der Waals surface area contributed by atoms with Crippen LogP contribution in [0.25, 0.3) is 0 Å². The Bertz CT molecular complexity index is 822. The monoisotopic (exact) mass is 398 g/mol. The summed E-state index contributed by atoms with van der Waals surface area (Å²) in [6, 6.07) is 6.98. The summed E-state index contributed by atoms with van der Waals surface area (Å²) in [7, 11) is 0. The van der Waals surface area contributed by atoms with Gasteiger partial charge in [0.1, 0.15) is 0 Å². The lowest BCUT2D eigenvalue weighted by Crippen LogP contribution is -2.49. The molecule has 0 radical (unpaired) electrons. The van der Waals surface area contributed by atoms with Crippen LogP contribution < -0.4 is 4.90 Å². The highest BCUT2D eigenvalue weighted by atomic mass is 16.3. The molecule has 9 heteroatoms. The first kappa shape index (κ1) is 19.4. The first-order valence-corrected chi connectivity index (χ1v) is 10.1. The maximum Gasteiger partial charge on any atom is 0.289 e. The summed E-state index contributed by atoms with van der Waals surface area (Å²) >= 11 is 0. The van der Waals surface area contributed by atoms with Crippen LogP contribution in [0, 0.1) is 0 Å². The van der Waals surface area contributed by atoms with Gasteiger partial charge in [0.25, 0.3) is 11.8 Å². The first-order valence-electron chi connectivity index (χ1n) is 10.1. The molecule has 4 rings (SSSR count). The Morgan fingerprint density at radius 3 is 2.17 bits per heavy atom. The standard InChI is InChI=1S/C20H26N6O3/c1-2-23-7-9-25(10-8-23)19(27)16-5-6-18(22-21-16)24-11-13-26(14-12-24)20(28)17-4-3-15-29-17/h3-6,15H,2,7-14H2,1H3. The van der Waals surface area contributed by atoms with Gasteiger partial charge in [-0.2, -0.15) is 0 Å². The number of amides is 2. The molecule has 2 aliphatic rings. The van der Waals surface area contributed by atoms with E-state index in [9.17, 15) is 9.59 Å². The lowest BCUT2D eigenvalue weighted by molar-refractivity contribution is 0.0635. The molecule has 2 fully saturated rings. The Labute approximate surface area is 169 Å². The molecule has 0 aromatic carbocycles. The largest absolute Gasteiger partial charge is 0.459 e. The van der Waals surface area contributed by atoms with Crippen LogP contribution >= 0.6 is 0 Å². The van der Waals surface area contributed by atoms with Crippen LogP contribution in [0.3, 0.4) is 0 Å². The van der Waals surface area contributed by atoms with Crippen molar-refractivity contribution in [2.75, 3.05) is 63.8 Å². The normalized spacial score (nSPS) is 18.2. The molecule has 4 heterocycles. The second-order valence-electron chi connectivity index (χ2n) is 7.26. The Morgan fingerprint density at radius 2 is 1.59 bits per heavy atom. The van der Waals surface area contributed by atoms with Gasteiger partial charge in [0.05, 0.1) is 6.26 Å². The number of carbonyl (C=O) groups is 2. The van der Waals surface area contributed by atoms with Gasteiger partial charge in [-0.3, -0.25) is 9.59 Å². The molecule has 0 N–H and O–H groups in total. The third kappa shape index (κ3) is 4.24. The molecule has 2 aromatic heterocycles. The molecular formula is C20H26N6O3. The van der Waals surface area contributed by atoms with Crippen molar-refractivity contribution in [3.63, 3.8) is 0 Å². The van der Waals surface area contributed by atoms with E-state index in [1.165, 1.54) is 6.26 Å². The van der Waals surface area contributed by atoms with Crippen molar-refractivity contribution in [2.45, 2.75) is 6.92 Å². The van der Waals surface area contributed by atoms with E-state index in [1.807, 2.05) is 11.0 Å². The summed E-state index contributed by atoms with van der Waals surface area (Å²) in [5.74, 6) is 0.932. The molecule has 0 aliphatic carbocycles. The highest BCUT2D eigenvalue weighted by Gasteiger charge is 2.26. The molecule has 9 nitrogen and oxygen atoms in total. The van der Waals surface area contributed by atoms with Crippen LogP contribution in [-0.2, 0) is 0 Å². The van der Waals surface area contributed by atoms with Crippen LogP contribution in [0.2, 0.25) is 0 Å². The van der Waals surface area contributed by atoms with Crippen molar-refractivity contribution in [3.05, 3.63) is 42.0 Å². The number of hydrogen-bond donors (Lipinski definition) is 0. The Morgan fingerprint density at radius 1 is 0.897 bits per heavy atom. The number of piperazine rings is 2. The quantitative estimate of drug-likeness (QED) is 0.753. The minimum Gasteiger partial charge on any atom is -0.459 e. The third-order valence-corrected chi connectivity index (χ3v) is 5.60. The summed E-state index contributed by atoms with van der Waals surface area (Å²) < 4.78 is 5.19. The van der Waals surface area contributed by atoms with Gasteiger partial charge in [0.15, 0.2) is 17.3 Å². The van der Waals surface area contributed by atoms with Crippen molar-refractivity contribution in [3.8, 4) is 0 Å². The number of likely N-dealkylation sites (N-methyl/N-ethyl adjacent to an activating group) is 1. The maximum absolute atomic E-state index is 12.7. The molecule has 2 saturated heterocycles. The van der Waals surface area contributed by atoms with E-state index in [0.717, 1.165) is 38.5 Å². The highest BCUT2D eigenvalue weighted by Crippen LogP contribution is 2.16. The van der Waals surface area contributed by atoms with Crippen molar-refractivity contribution < 1.29 is 14.0 Å². The van der Waals surface area contributed by atoms with Crippen LogP contribution in [0.5, 0.6) is 0 Å². The molecule has 29 heavy (non-hydrogen) atoms. The van der Waals surface area contributed by atoms with Crippen molar-refractivity contribution in [1.82, 2.24) is 24.9 Å². The topological polar surface area (TPSA) is 86.0 Å². The Hall–Kier alpha value is -2.94. The predicted molar refractivity (Wildman–Crippen MR) is 107 cm³/mol. The van der Waals surface area contributed by atoms with Gasteiger partial charge < -0.3 is 24.0 Å². The molecule has 2 aromatic rings. The first-order chi connectivity index (χ1) is 14.2. The van der Waals surface area contributed by atoms with Crippen molar-refractivity contribution in [2.24, 2.45) is 0 Å². The fraction of sp³-hybridized carbons (Fsp3) is 0.500. The molecule has 0 saturated carbocycles. The van der Waals surface area contributed by atoms with E-state index in [1.54, 1.807) is 23.1 Å². The summed E-state index contributed by atoms with van der Waals surface area (Å²) in [6.07, 6.45) is 1.51. The van der Waals surface area contributed by atoms with Gasteiger partial charge in [-0.15, -0.1) is 10.2 Å². The van der Waals surface area contributed by atoms with Crippen molar-refractivity contribution in [1.29, 1.82) is 0 Å². The van der Waals surface area contributed by atoms with Gasteiger partial charge >= 0.3 is 0 Å². The number of furan rings is 1. The minimum absolute atomic E-state index is 0.0614. The number of anilines is 1. The van der Waals surface area contributed by atoms with Gasteiger partial charge in [-0.05, 0) is 30.8 Å². The number of rotatable bonds is 4. The summed E-state index contributed by atoms with van der Waals surface area (Å²) in [5, 5.41) is 8.44. The molecule has 0 atom stereocenters. The number of hydrogen-bond acceptors (Lipinski definition) is 7. The average molecular weight is 398 g/mol. The fourth-order valence-electron chi connectivity index (χ4n) is 3.73. The predicted octanol–water partition coefficient (Wildman–Crippen LogP) is 0.810. The molecule has 154 valence electrons. The maximum atomic E-state index is 12.7. The number of carbonyl (C=O) groups excluding carboxylic acids is 2. The van der Waals surface area contributed by atoms with Crippen LogP contribution in [0.4, 0.5) is 5.82 Å². The van der Waals surface area contributed by atoms with Crippen LogP contribution in [-0.4, -0.2) is 95.6 Å². The van der Waals surface area contributed by atoms with Gasteiger partial charge in [0, 0.05) is 52.4 Å². The SMILES string of the molecule is CCN1CCN(C(=O)c2ccc(N3CCN(C(=O)c4ccco4)CC3)nn2)CC1. The molecule has 0 spiro atoms. The zero-order valence-electron chi connectivity index (χ0n) is 16.7. The van der Waals surface area contributed by atoms with Gasteiger partial charge in [-0.25, -0.2) is 0 Å². The van der Waals surface area contributed by atoms with E-state index in [2.05, 4.69) is 26.9 Å². The third-order valence-electron chi connectivity index (χ3n) is 5.60. The second-order valence-corrected chi connectivity index (χ2v) is 7.26. The Kier molecular flexibility index (Phi) is 5.75. The van der Waals surface area contributed by atoms with Crippen molar-refractivity contribution >= 4 is 17.6 Å². The molecule has 2 amide bonds. The minimum atomic E-state index is -0.0927. The van der Waals surface area contributed by atoms with E-state index < -0.39 is 0 Å². The lowest BCUT2D eigenvalue weighted by atomic mass is 10.2. The van der Waals surface area contributed by atoms with E-state index in [4.69, 9.17) is 4.42 Å². The van der Waals surface area contributed by atoms with Crippen LogP contribution in [0.15, 0.2) is 34.9 Å². The summed E-state index contributed by atoms with van der Waals surface area (Å²) in [4.78, 5) is 33.0. The molecule has 0 bridgehead atoms. The Balaban J connectivity index is 1.32. The zero-order valence-corrected chi connectivity index (χ0v) is 16.7. The van der Waals surface area contributed by atoms with E-state index in [0.29, 0.717) is 37.6 Å². The smallest absolute Gasteiger partial charge is 0.289 e. The number of aromatic nitrogens is 2. The van der Waals surface area contributed by atoms with E-state index >= 15 is 0 Å². The summed E-state index contributed by atoms with van der Waals surface area (Å²) in [5.41, 5.74) is 0.380. The van der Waals surface area contributed by atoms with E-state index in [-0.39, 0.29) is 11.8 Å². The zero-order chi connectivity index (χ0) is 20.2. The van der Waals surface area contributed by atoms with Crippen LogP contribution in [0.1, 0.15) is 28.0 Å². The fourth-order valence-corrected chi connectivity index (χ4v) is 3.73.